The van der Waals surface area contributed by atoms with Crippen molar-refractivity contribution in [2.24, 2.45) is 5.92 Å². The van der Waals surface area contributed by atoms with Crippen LogP contribution in [-0.2, 0) is 11.3 Å². The highest BCUT2D eigenvalue weighted by molar-refractivity contribution is 5.94. The molecule has 0 heterocycles. The molecule has 0 radical (unpaired) electrons. The zero-order valence-electron chi connectivity index (χ0n) is 19.0. The summed E-state index contributed by atoms with van der Waals surface area (Å²) in [5.41, 5.74) is 2.69. The number of benzene rings is 3. The number of nitrogens with one attached hydrogen (secondary N) is 3. The topological polar surface area (TPSA) is 79.5 Å². The Labute approximate surface area is 198 Å². The quantitative estimate of drug-likeness (QED) is 0.417. The van der Waals surface area contributed by atoms with Crippen molar-refractivity contribution in [2.45, 2.75) is 25.4 Å². The van der Waals surface area contributed by atoms with Gasteiger partial charge in [0.25, 0.3) is 5.91 Å². The Bertz CT molecular complexity index is 1130. The summed E-state index contributed by atoms with van der Waals surface area (Å²) in [5.74, 6) is 0.505. The molecule has 1 atom stereocenters. The van der Waals surface area contributed by atoms with Crippen LogP contribution < -0.4 is 20.7 Å². The molecule has 7 heteroatoms. The molecule has 1 aliphatic carbocycles. The SMILES string of the molecule is COc1ccc(C(NC(=O)CNc2ccc(C(=O)NCc3ccccc3F)cc2)C2CC2)cc1. The maximum Gasteiger partial charge on any atom is 0.251 e. The van der Waals surface area contributed by atoms with Crippen LogP contribution in [0.3, 0.4) is 0 Å². The third-order valence-electron chi connectivity index (χ3n) is 5.88. The Morgan fingerprint density at radius 1 is 1.00 bits per heavy atom. The molecule has 176 valence electrons. The fraction of sp³-hybridized carbons (Fsp3) is 0.259. The summed E-state index contributed by atoms with van der Waals surface area (Å²) in [6.07, 6.45) is 2.20. The lowest BCUT2D eigenvalue weighted by Gasteiger charge is -2.19. The van der Waals surface area contributed by atoms with E-state index in [1.54, 1.807) is 49.6 Å². The second-order valence-corrected chi connectivity index (χ2v) is 8.36. The van der Waals surface area contributed by atoms with E-state index in [9.17, 15) is 14.0 Å². The van der Waals surface area contributed by atoms with E-state index in [2.05, 4.69) is 16.0 Å². The van der Waals surface area contributed by atoms with Crippen molar-refractivity contribution in [3.05, 3.63) is 95.3 Å². The van der Waals surface area contributed by atoms with Crippen LogP contribution in [0.4, 0.5) is 10.1 Å². The van der Waals surface area contributed by atoms with Gasteiger partial charge in [-0.15, -0.1) is 0 Å². The normalized spacial score (nSPS) is 13.6. The second-order valence-electron chi connectivity index (χ2n) is 8.36. The van der Waals surface area contributed by atoms with Gasteiger partial charge in [0.1, 0.15) is 11.6 Å². The number of rotatable bonds is 10. The van der Waals surface area contributed by atoms with E-state index in [0.29, 0.717) is 17.0 Å². The number of methoxy groups -OCH3 is 1. The summed E-state index contributed by atoms with van der Waals surface area (Å²) in [7, 11) is 1.63. The van der Waals surface area contributed by atoms with E-state index in [4.69, 9.17) is 4.74 Å². The second kappa shape index (κ2) is 10.8. The van der Waals surface area contributed by atoms with Gasteiger partial charge in [0.2, 0.25) is 5.91 Å². The number of amides is 2. The predicted molar refractivity (Wildman–Crippen MR) is 129 cm³/mol. The summed E-state index contributed by atoms with van der Waals surface area (Å²) in [5, 5.41) is 8.94. The van der Waals surface area contributed by atoms with Gasteiger partial charge in [0.15, 0.2) is 0 Å². The van der Waals surface area contributed by atoms with E-state index < -0.39 is 0 Å². The summed E-state index contributed by atoms with van der Waals surface area (Å²) in [4.78, 5) is 24.9. The third kappa shape index (κ3) is 6.13. The Hall–Kier alpha value is -3.87. The number of carbonyl (C=O) groups is 2. The third-order valence-corrected chi connectivity index (χ3v) is 5.88. The molecular formula is C27H28FN3O3. The monoisotopic (exact) mass is 461 g/mol. The molecule has 3 aromatic carbocycles. The Balaban J connectivity index is 1.27. The average molecular weight is 462 g/mol. The lowest BCUT2D eigenvalue weighted by atomic mass is 10.0. The molecule has 0 bridgehead atoms. The van der Waals surface area contributed by atoms with E-state index in [1.807, 2.05) is 24.3 Å². The number of anilines is 1. The summed E-state index contributed by atoms with van der Waals surface area (Å²) < 4.78 is 18.9. The molecule has 34 heavy (non-hydrogen) atoms. The molecule has 0 saturated heterocycles. The first-order chi connectivity index (χ1) is 16.5. The van der Waals surface area contributed by atoms with Crippen LogP contribution in [0, 0.1) is 11.7 Å². The van der Waals surface area contributed by atoms with Crippen LogP contribution in [-0.4, -0.2) is 25.5 Å². The van der Waals surface area contributed by atoms with E-state index in [1.165, 1.54) is 6.07 Å². The zero-order chi connectivity index (χ0) is 23.9. The lowest BCUT2D eigenvalue weighted by molar-refractivity contribution is -0.120. The van der Waals surface area contributed by atoms with Crippen LogP contribution in [0.15, 0.2) is 72.8 Å². The average Bonchev–Trinajstić information content (AvgIpc) is 3.71. The van der Waals surface area contributed by atoms with Crippen LogP contribution in [0.1, 0.15) is 40.4 Å². The molecule has 2 amide bonds. The van der Waals surface area contributed by atoms with Gasteiger partial charge >= 0.3 is 0 Å². The first-order valence-corrected chi connectivity index (χ1v) is 11.3. The van der Waals surface area contributed by atoms with Crippen LogP contribution in [0.5, 0.6) is 5.75 Å². The number of hydrogen-bond acceptors (Lipinski definition) is 4. The molecule has 6 nitrogen and oxygen atoms in total. The number of halogens is 1. The predicted octanol–water partition coefficient (Wildman–Crippen LogP) is 4.44. The first kappa shape index (κ1) is 23.3. The minimum atomic E-state index is -0.350. The Morgan fingerprint density at radius 3 is 2.35 bits per heavy atom. The van der Waals surface area contributed by atoms with Gasteiger partial charge in [-0.2, -0.15) is 0 Å². The summed E-state index contributed by atoms with van der Waals surface area (Å²) >= 11 is 0. The van der Waals surface area contributed by atoms with Crippen molar-refractivity contribution < 1.29 is 18.7 Å². The molecule has 3 aromatic rings. The fourth-order valence-corrected chi connectivity index (χ4v) is 3.78. The Morgan fingerprint density at radius 2 is 1.71 bits per heavy atom. The van der Waals surface area contributed by atoms with Gasteiger partial charge in [-0.1, -0.05) is 30.3 Å². The molecule has 1 fully saturated rings. The van der Waals surface area contributed by atoms with Crippen LogP contribution in [0.2, 0.25) is 0 Å². The first-order valence-electron chi connectivity index (χ1n) is 11.3. The standard InChI is InChI=1S/C27H28FN3O3/c1-34-23-14-10-19(11-15-23)26(18-6-7-18)31-25(32)17-29-22-12-8-20(9-13-22)27(33)30-16-21-4-2-3-5-24(21)28/h2-5,8-15,18,26,29H,6-7,16-17H2,1H3,(H,30,33)(H,31,32). The highest BCUT2D eigenvalue weighted by Gasteiger charge is 2.33. The van der Waals surface area contributed by atoms with Crippen molar-refractivity contribution in [1.29, 1.82) is 0 Å². The van der Waals surface area contributed by atoms with Crippen LogP contribution >= 0.6 is 0 Å². The van der Waals surface area contributed by atoms with Gasteiger partial charge in [-0.05, 0) is 66.8 Å². The number of ether oxygens (including phenoxy) is 1. The summed E-state index contributed by atoms with van der Waals surface area (Å²) in [6, 6.07) is 20.9. The largest absolute Gasteiger partial charge is 0.497 e. The molecule has 1 unspecified atom stereocenters. The van der Waals surface area contributed by atoms with E-state index >= 15 is 0 Å². The van der Waals surface area contributed by atoms with E-state index in [0.717, 1.165) is 29.8 Å². The minimum absolute atomic E-state index is 0.0132. The molecule has 4 rings (SSSR count). The number of hydrogen-bond donors (Lipinski definition) is 3. The highest BCUT2D eigenvalue weighted by atomic mass is 19.1. The van der Waals surface area contributed by atoms with Crippen molar-refractivity contribution >= 4 is 17.5 Å². The van der Waals surface area contributed by atoms with Crippen molar-refractivity contribution in [1.82, 2.24) is 10.6 Å². The van der Waals surface area contributed by atoms with Crippen molar-refractivity contribution in [3.8, 4) is 5.75 Å². The number of carbonyl (C=O) groups excluding carboxylic acids is 2. The van der Waals surface area contributed by atoms with Crippen molar-refractivity contribution in [3.63, 3.8) is 0 Å². The fourth-order valence-electron chi connectivity index (χ4n) is 3.78. The lowest BCUT2D eigenvalue weighted by Crippen LogP contribution is -2.34. The van der Waals surface area contributed by atoms with Crippen molar-refractivity contribution in [2.75, 3.05) is 19.0 Å². The molecule has 3 N–H and O–H groups in total. The van der Waals surface area contributed by atoms with Gasteiger partial charge in [-0.3, -0.25) is 9.59 Å². The molecular weight excluding hydrogens is 433 g/mol. The molecule has 0 aromatic heterocycles. The Kier molecular flexibility index (Phi) is 7.42. The van der Waals surface area contributed by atoms with Gasteiger partial charge in [-0.25, -0.2) is 4.39 Å². The van der Waals surface area contributed by atoms with Gasteiger partial charge in [0, 0.05) is 23.4 Å². The highest BCUT2D eigenvalue weighted by Crippen LogP contribution is 2.41. The zero-order valence-corrected chi connectivity index (χ0v) is 19.0. The smallest absolute Gasteiger partial charge is 0.251 e. The molecule has 0 spiro atoms. The molecule has 1 saturated carbocycles. The van der Waals surface area contributed by atoms with Gasteiger partial charge in [0.05, 0.1) is 19.7 Å². The molecule has 1 aliphatic rings. The van der Waals surface area contributed by atoms with Crippen LogP contribution in [0.25, 0.3) is 0 Å². The van der Waals surface area contributed by atoms with E-state index in [-0.39, 0.29) is 36.8 Å². The minimum Gasteiger partial charge on any atom is -0.497 e. The summed E-state index contributed by atoms with van der Waals surface area (Å²) in [6.45, 7) is 0.236. The maximum atomic E-state index is 13.7. The van der Waals surface area contributed by atoms with Gasteiger partial charge < -0.3 is 20.7 Å². The molecule has 0 aliphatic heterocycles. The maximum absolute atomic E-state index is 13.7.